The zero-order valence-electron chi connectivity index (χ0n) is 12.7. The molecule has 0 aromatic carbocycles. The lowest BCUT2D eigenvalue weighted by Crippen LogP contribution is -2.66. The Morgan fingerprint density at radius 2 is 2.00 bits per heavy atom. The van der Waals surface area contributed by atoms with Crippen molar-refractivity contribution in [1.29, 1.82) is 0 Å². The topological polar surface area (TPSA) is 92.3 Å². The molecule has 21 heavy (non-hydrogen) atoms. The second-order valence-electron chi connectivity index (χ2n) is 5.56. The van der Waals surface area contributed by atoms with Crippen LogP contribution in [-0.4, -0.2) is 39.9 Å². The summed E-state index contributed by atoms with van der Waals surface area (Å²) in [4.78, 5) is 20.4. The first-order valence-electron chi connectivity index (χ1n) is 6.85. The predicted octanol–water partition coefficient (Wildman–Crippen LogP) is 1.06. The van der Waals surface area contributed by atoms with Gasteiger partial charge in [0, 0.05) is 18.3 Å². The number of nitrogens with one attached hydrogen (secondary N) is 1. The van der Waals surface area contributed by atoms with Gasteiger partial charge in [0.15, 0.2) is 10.6 Å². The maximum absolute atomic E-state index is 12.1. The summed E-state index contributed by atoms with van der Waals surface area (Å²) in [6.07, 6.45) is 0.950. The summed E-state index contributed by atoms with van der Waals surface area (Å²) in [7, 11) is -3.61. The number of sulfonamides is 1. The standard InChI is InChI=1S/C13H20N4O3S/c1-5-6-14-10-7-9(2)15-11(16-10)8-17-12(18)13(3,4)21(17,19)20/h7H,5-6,8H2,1-4H3,(H,14,15,16). The average Bonchev–Trinajstić information content (AvgIpc) is 2.41. The summed E-state index contributed by atoms with van der Waals surface area (Å²) < 4.78 is 23.6. The summed E-state index contributed by atoms with van der Waals surface area (Å²) in [6, 6.07) is 1.79. The minimum absolute atomic E-state index is 0.118. The summed E-state index contributed by atoms with van der Waals surface area (Å²) in [6.45, 7) is 7.31. The zero-order valence-corrected chi connectivity index (χ0v) is 13.5. The third-order valence-electron chi connectivity index (χ3n) is 3.42. The van der Waals surface area contributed by atoms with Crippen LogP contribution < -0.4 is 5.32 Å². The van der Waals surface area contributed by atoms with E-state index in [9.17, 15) is 13.2 Å². The largest absolute Gasteiger partial charge is 0.370 e. The van der Waals surface area contributed by atoms with Crippen LogP contribution >= 0.6 is 0 Å². The number of aromatic nitrogens is 2. The summed E-state index contributed by atoms with van der Waals surface area (Å²) in [5.74, 6) is 0.542. The Morgan fingerprint density at radius 3 is 2.57 bits per heavy atom. The third-order valence-corrected chi connectivity index (χ3v) is 5.76. The van der Waals surface area contributed by atoms with Crippen molar-refractivity contribution in [3.8, 4) is 0 Å². The van der Waals surface area contributed by atoms with Crippen molar-refractivity contribution in [2.75, 3.05) is 11.9 Å². The Balaban J connectivity index is 2.21. The molecule has 0 radical (unpaired) electrons. The number of aryl methyl sites for hydroxylation is 1. The lowest BCUT2D eigenvalue weighted by atomic mass is 10.2. The van der Waals surface area contributed by atoms with Gasteiger partial charge >= 0.3 is 0 Å². The van der Waals surface area contributed by atoms with E-state index in [-0.39, 0.29) is 6.54 Å². The average molecular weight is 312 g/mol. The Morgan fingerprint density at radius 1 is 1.33 bits per heavy atom. The Labute approximate surface area is 124 Å². The van der Waals surface area contributed by atoms with Crippen LogP contribution in [0.2, 0.25) is 0 Å². The quantitative estimate of drug-likeness (QED) is 0.874. The Hall–Kier alpha value is -1.70. The van der Waals surface area contributed by atoms with Crippen LogP contribution in [0.4, 0.5) is 5.82 Å². The number of hydrogen-bond acceptors (Lipinski definition) is 6. The number of hydrogen-bond donors (Lipinski definition) is 1. The highest BCUT2D eigenvalue weighted by molar-refractivity contribution is 7.94. The van der Waals surface area contributed by atoms with Crippen LogP contribution in [0.1, 0.15) is 38.7 Å². The molecule has 0 spiro atoms. The van der Waals surface area contributed by atoms with Crippen molar-refractivity contribution in [2.24, 2.45) is 0 Å². The first kappa shape index (κ1) is 15.7. The van der Waals surface area contributed by atoms with Gasteiger partial charge in [-0.05, 0) is 27.2 Å². The van der Waals surface area contributed by atoms with Gasteiger partial charge in [0.05, 0.1) is 6.54 Å². The fraction of sp³-hybridized carbons (Fsp3) is 0.615. The van der Waals surface area contributed by atoms with Crippen LogP contribution in [0, 0.1) is 6.92 Å². The minimum Gasteiger partial charge on any atom is -0.370 e. The maximum atomic E-state index is 12.1. The van der Waals surface area contributed by atoms with Gasteiger partial charge in [0.1, 0.15) is 5.82 Å². The van der Waals surface area contributed by atoms with Crippen LogP contribution in [0.15, 0.2) is 6.07 Å². The normalized spacial score (nSPS) is 19.2. The molecule has 2 rings (SSSR count). The Bertz CT molecular complexity index is 670. The second-order valence-corrected chi connectivity index (χ2v) is 7.98. The van der Waals surface area contributed by atoms with Gasteiger partial charge in [-0.2, -0.15) is 0 Å². The monoisotopic (exact) mass is 312 g/mol. The van der Waals surface area contributed by atoms with E-state index in [4.69, 9.17) is 0 Å². The van der Waals surface area contributed by atoms with E-state index in [1.54, 1.807) is 13.0 Å². The number of anilines is 1. The van der Waals surface area contributed by atoms with Crippen LogP contribution in [0.5, 0.6) is 0 Å². The SMILES string of the molecule is CCCNc1cc(C)nc(CN2C(=O)C(C)(C)S2(=O)=O)n1. The summed E-state index contributed by atoms with van der Waals surface area (Å²) in [5.41, 5.74) is 0.725. The van der Waals surface area contributed by atoms with Gasteiger partial charge in [-0.15, -0.1) is 0 Å². The van der Waals surface area contributed by atoms with Gasteiger partial charge in [-0.3, -0.25) is 4.79 Å². The molecule has 1 aliphatic rings. The highest BCUT2D eigenvalue weighted by Crippen LogP contribution is 2.35. The number of carbonyl (C=O) groups excluding carboxylic acids is 1. The van der Waals surface area contributed by atoms with Crippen molar-refractivity contribution in [1.82, 2.24) is 14.3 Å². The maximum Gasteiger partial charge on any atom is 0.259 e. The van der Waals surface area contributed by atoms with Crippen LogP contribution in [0.3, 0.4) is 0 Å². The van der Waals surface area contributed by atoms with Gasteiger partial charge in [-0.25, -0.2) is 22.7 Å². The van der Waals surface area contributed by atoms with E-state index in [2.05, 4.69) is 15.3 Å². The van der Waals surface area contributed by atoms with Crippen LogP contribution in [-0.2, 0) is 21.4 Å². The van der Waals surface area contributed by atoms with E-state index in [1.165, 1.54) is 13.8 Å². The van der Waals surface area contributed by atoms with Gasteiger partial charge < -0.3 is 5.32 Å². The number of amides is 1. The summed E-state index contributed by atoms with van der Waals surface area (Å²) >= 11 is 0. The molecule has 2 heterocycles. The molecule has 1 aromatic rings. The fourth-order valence-corrected chi connectivity index (χ4v) is 3.57. The molecule has 7 nitrogen and oxygen atoms in total. The predicted molar refractivity (Wildman–Crippen MR) is 79.1 cm³/mol. The van der Waals surface area contributed by atoms with E-state index < -0.39 is 20.7 Å². The second kappa shape index (κ2) is 5.25. The molecule has 0 unspecified atom stereocenters. The first-order chi connectivity index (χ1) is 9.70. The lowest BCUT2D eigenvalue weighted by molar-refractivity contribution is -0.132. The van der Waals surface area contributed by atoms with E-state index in [1.807, 2.05) is 6.92 Å². The molecule has 0 aliphatic carbocycles. The molecule has 1 saturated heterocycles. The van der Waals surface area contributed by atoms with Crippen molar-refractivity contribution in [2.45, 2.75) is 45.4 Å². The highest BCUT2D eigenvalue weighted by atomic mass is 32.2. The van der Waals surface area contributed by atoms with Crippen molar-refractivity contribution in [3.63, 3.8) is 0 Å². The molecule has 1 amide bonds. The molecule has 0 atom stereocenters. The number of carbonyl (C=O) groups is 1. The third kappa shape index (κ3) is 2.59. The van der Waals surface area contributed by atoms with Crippen molar-refractivity contribution in [3.05, 3.63) is 17.6 Å². The smallest absolute Gasteiger partial charge is 0.259 e. The molecule has 116 valence electrons. The molecular weight excluding hydrogens is 292 g/mol. The molecular formula is C13H20N4O3S. The molecule has 8 heteroatoms. The van der Waals surface area contributed by atoms with Gasteiger partial charge in [0.25, 0.3) is 15.9 Å². The summed E-state index contributed by atoms with van der Waals surface area (Å²) in [5, 5.41) is 3.13. The Kier molecular flexibility index (Phi) is 3.92. The number of rotatable bonds is 5. The van der Waals surface area contributed by atoms with E-state index >= 15 is 0 Å². The highest BCUT2D eigenvalue weighted by Gasteiger charge is 2.60. The molecule has 1 fully saturated rings. The zero-order chi connectivity index (χ0) is 15.8. The van der Waals surface area contributed by atoms with E-state index in [0.717, 1.165) is 23.0 Å². The molecule has 0 saturated carbocycles. The molecule has 1 N–H and O–H groups in total. The molecule has 1 aromatic heterocycles. The van der Waals surface area contributed by atoms with Crippen molar-refractivity contribution < 1.29 is 13.2 Å². The first-order valence-corrected chi connectivity index (χ1v) is 8.29. The minimum atomic E-state index is -3.61. The van der Waals surface area contributed by atoms with Gasteiger partial charge in [-0.1, -0.05) is 6.92 Å². The van der Waals surface area contributed by atoms with Crippen LogP contribution in [0.25, 0.3) is 0 Å². The van der Waals surface area contributed by atoms with Crippen molar-refractivity contribution >= 4 is 21.7 Å². The molecule has 1 aliphatic heterocycles. The van der Waals surface area contributed by atoms with Gasteiger partial charge in [0.2, 0.25) is 0 Å². The lowest BCUT2D eigenvalue weighted by Gasteiger charge is -2.42. The molecule has 0 bridgehead atoms. The van der Waals surface area contributed by atoms with E-state index in [0.29, 0.717) is 11.6 Å². The number of nitrogens with zero attached hydrogens (tertiary/aromatic N) is 3. The fourth-order valence-electron chi connectivity index (χ4n) is 2.09.